The summed E-state index contributed by atoms with van der Waals surface area (Å²) in [6.07, 6.45) is 3.41. The van der Waals surface area contributed by atoms with Gasteiger partial charge >= 0.3 is 0 Å². The third-order valence-corrected chi connectivity index (χ3v) is 2.97. The van der Waals surface area contributed by atoms with Crippen LogP contribution in [0.1, 0.15) is 16.1 Å². The average molecular weight is 269 g/mol. The van der Waals surface area contributed by atoms with Crippen LogP contribution in [0.2, 0.25) is 0 Å². The van der Waals surface area contributed by atoms with Crippen molar-refractivity contribution in [2.75, 3.05) is 5.32 Å². The van der Waals surface area contributed by atoms with Crippen molar-refractivity contribution in [3.8, 4) is 0 Å². The lowest BCUT2D eigenvalue weighted by Crippen LogP contribution is -2.13. The Balaban J connectivity index is 1.89. The number of nitrogens with zero attached hydrogens (tertiary/aromatic N) is 2. The minimum atomic E-state index is -0.456. The molecule has 3 aromatic rings. The van der Waals surface area contributed by atoms with E-state index in [0.29, 0.717) is 5.65 Å². The highest BCUT2D eigenvalue weighted by Crippen LogP contribution is 2.16. The second-order valence-corrected chi connectivity index (χ2v) is 4.53. The Bertz CT molecular complexity index is 762. The Kier molecular flexibility index (Phi) is 2.95. The lowest BCUT2D eigenvalue weighted by Gasteiger charge is -2.05. The molecule has 0 atom stereocenters. The fourth-order valence-corrected chi connectivity index (χ4v) is 1.95. The molecule has 20 heavy (non-hydrogen) atoms. The van der Waals surface area contributed by atoms with Crippen molar-refractivity contribution in [2.45, 2.75) is 6.92 Å². The molecule has 0 fully saturated rings. The van der Waals surface area contributed by atoms with E-state index < -0.39 is 11.7 Å². The lowest BCUT2D eigenvalue weighted by molar-refractivity contribution is 0.102. The standard InChI is InChI=1S/C15H12FN3O/c1-10-5-6-12(11(16)8-10)18-15(20)13-9-19-7-3-2-4-14(19)17-13/h2-9H,1H3,(H,18,20). The van der Waals surface area contributed by atoms with E-state index in [2.05, 4.69) is 10.3 Å². The van der Waals surface area contributed by atoms with E-state index >= 15 is 0 Å². The molecule has 2 aromatic heterocycles. The van der Waals surface area contributed by atoms with Crippen LogP contribution in [0.3, 0.4) is 0 Å². The van der Waals surface area contributed by atoms with Gasteiger partial charge in [0.2, 0.25) is 0 Å². The summed E-state index contributed by atoms with van der Waals surface area (Å²) >= 11 is 0. The first-order chi connectivity index (χ1) is 9.63. The van der Waals surface area contributed by atoms with Gasteiger partial charge in [0.1, 0.15) is 17.2 Å². The second-order valence-electron chi connectivity index (χ2n) is 4.53. The molecular weight excluding hydrogens is 257 g/mol. The number of benzene rings is 1. The summed E-state index contributed by atoms with van der Waals surface area (Å²) in [5.74, 6) is -0.890. The van der Waals surface area contributed by atoms with Gasteiger partial charge < -0.3 is 9.72 Å². The fourth-order valence-electron chi connectivity index (χ4n) is 1.95. The molecule has 0 radical (unpaired) electrons. The molecule has 3 rings (SSSR count). The predicted molar refractivity (Wildman–Crippen MR) is 74.3 cm³/mol. The fraction of sp³-hybridized carbons (Fsp3) is 0.0667. The first-order valence-electron chi connectivity index (χ1n) is 6.15. The number of carbonyl (C=O) groups is 1. The molecule has 0 unspecified atom stereocenters. The molecule has 0 saturated heterocycles. The number of nitrogens with one attached hydrogen (secondary N) is 1. The summed E-state index contributed by atoms with van der Waals surface area (Å²) in [5.41, 5.74) is 1.86. The van der Waals surface area contributed by atoms with Gasteiger partial charge in [-0.15, -0.1) is 0 Å². The highest BCUT2D eigenvalue weighted by molar-refractivity contribution is 6.03. The molecule has 2 heterocycles. The first kappa shape index (κ1) is 12.3. The molecular formula is C15H12FN3O. The molecule has 1 amide bonds. The summed E-state index contributed by atoms with van der Waals surface area (Å²) in [4.78, 5) is 16.3. The maximum Gasteiger partial charge on any atom is 0.275 e. The summed E-state index contributed by atoms with van der Waals surface area (Å²) in [7, 11) is 0. The summed E-state index contributed by atoms with van der Waals surface area (Å²) < 4.78 is 15.4. The minimum Gasteiger partial charge on any atom is -0.318 e. The van der Waals surface area contributed by atoms with Gasteiger partial charge in [-0.3, -0.25) is 4.79 Å². The number of hydrogen-bond acceptors (Lipinski definition) is 2. The monoisotopic (exact) mass is 269 g/mol. The first-order valence-corrected chi connectivity index (χ1v) is 6.15. The Hall–Kier alpha value is -2.69. The van der Waals surface area contributed by atoms with Gasteiger partial charge in [0.25, 0.3) is 5.91 Å². The maximum absolute atomic E-state index is 13.7. The van der Waals surface area contributed by atoms with E-state index in [1.807, 2.05) is 12.1 Å². The minimum absolute atomic E-state index is 0.151. The topological polar surface area (TPSA) is 46.4 Å². The third-order valence-electron chi connectivity index (χ3n) is 2.97. The summed E-state index contributed by atoms with van der Waals surface area (Å²) in [6.45, 7) is 1.79. The average Bonchev–Trinajstić information content (AvgIpc) is 2.86. The van der Waals surface area contributed by atoms with Crippen molar-refractivity contribution >= 4 is 17.2 Å². The molecule has 4 nitrogen and oxygen atoms in total. The van der Waals surface area contributed by atoms with Crippen LogP contribution in [0, 0.1) is 12.7 Å². The van der Waals surface area contributed by atoms with Crippen LogP contribution >= 0.6 is 0 Å². The molecule has 5 heteroatoms. The van der Waals surface area contributed by atoms with Crippen molar-refractivity contribution < 1.29 is 9.18 Å². The summed E-state index contributed by atoms with van der Waals surface area (Å²) in [5, 5.41) is 2.52. The quantitative estimate of drug-likeness (QED) is 0.777. The van der Waals surface area contributed by atoms with Gasteiger partial charge in [-0.2, -0.15) is 0 Å². The number of aromatic nitrogens is 2. The molecule has 1 N–H and O–H groups in total. The number of rotatable bonds is 2. The van der Waals surface area contributed by atoms with E-state index in [4.69, 9.17) is 0 Å². The SMILES string of the molecule is Cc1ccc(NC(=O)c2cn3ccccc3n2)c(F)c1. The van der Waals surface area contributed by atoms with Crippen LogP contribution in [-0.4, -0.2) is 15.3 Å². The number of imidazole rings is 1. The normalized spacial score (nSPS) is 10.7. The van der Waals surface area contributed by atoms with E-state index in [1.54, 1.807) is 41.9 Å². The van der Waals surface area contributed by atoms with E-state index in [9.17, 15) is 9.18 Å². The zero-order chi connectivity index (χ0) is 14.1. The van der Waals surface area contributed by atoms with E-state index in [0.717, 1.165) is 5.56 Å². The van der Waals surface area contributed by atoms with Gasteiger partial charge in [0.05, 0.1) is 5.69 Å². The maximum atomic E-state index is 13.7. The molecule has 1 aromatic carbocycles. The molecule has 0 aliphatic carbocycles. The third kappa shape index (κ3) is 2.25. The van der Waals surface area contributed by atoms with Gasteiger partial charge in [0.15, 0.2) is 0 Å². The number of amides is 1. The number of pyridine rings is 1. The number of fused-ring (bicyclic) bond motifs is 1. The van der Waals surface area contributed by atoms with Gasteiger partial charge in [-0.1, -0.05) is 12.1 Å². The van der Waals surface area contributed by atoms with Crippen molar-refractivity contribution in [3.63, 3.8) is 0 Å². The van der Waals surface area contributed by atoms with E-state index in [-0.39, 0.29) is 11.4 Å². The van der Waals surface area contributed by atoms with Crippen LogP contribution in [0.5, 0.6) is 0 Å². The lowest BCUT2D eigenvalue weighted by atomic mass is 10.2. The Labute approximate surface area is 114 Å². The van der Waals surface area contributed by atoms with Crippen molar-refractivity contribution in [3.05, 3.63) is 65.9 Å². The molecule has 0 bridgehead atoms. The smallest absolute Gasteiger partial charge is 0.275 e. The molecule has 0 aliphatic rings. The van der Waals surface area contributed by atoms with Gasteiger partial charge in [-0.05, 0) is 36.8 Å². The largest absolute Gasteiger partial charge is 0.318 e. The highest BCUT2D eigenvalue weighted by atomic mass is 19.1. The van der Waals surface area contributed by atoms with Crippen LogP contribution in [0.4, 0.5) is 10.1 Å². The zero-order valence-electron chi connectivity index (χ0n) is 10.8. The number of anilines is 1. The van der Waals surface area contributed by atoms with Crippen LogP contribution in [0.25, 0.3) is 5.65 Å². The molecule has 0 aliphatic heterocycles. The van der Waals surface area contributed by atoms with Crippen molar-refractivity contribution in [2.24, 2.45) is 0 Å². The summed E-state index contributed by atoms with van der Waals surface area (Å²) in [6, 6.07) is 10.1. The second kappa shape index (κ2) is 4.77. The predicted octanol–water partition coefficient (Wildman–Crippen LogP) is 3.03. The van der Waals surface area contributed by atoms with Crippen molar-refractivity contribution in [1.82, 2.24) is 9.38 Å². The van der Waals surface area contributed by atoms with Gasteiger partial charge in [-0.25, -0.2) is 9.37 Å². The van der Waals surface area contributed by atoms with Crippen LogP contribution in [-0.2, 0) is 0 Å². The molecule has 100 valence electrons. The zero-order valence-corrected chi connectivity index (χ0v) is 10.8. The molecule has 0 spiro atoms. The number of hydrogen-bond donors (Lipinski definition) is 1. The number of carbonyl (C=O) groups excluding carboxylic acids is 1. The Morgan fingerprint density at radius 3 is 2.90 bits per heavy atom. The van der Waals surface area contributed by atoms with Crippen LogP contribution < -0.4 is 5.32 Å². The van der Waals surface area contributed by atoms with Gasteiger partial charge in [0, 0.05) is 12.4 Å². The molecule has 0 saturated carbocycles. The number of aryl methyl sites for hydroxylation is 1. The van der Waals surface area contributed by atoms with Crippen molar-refractivity contribution in [1.29, 1.82) is 0 Å². The van der Waals surface area contributed by atoms with E-state index in [1.165, 1.54) is 6.07 Å². The van der Waals surface area contributed by atoms with Crippen LogP contribution in [0.15, 0.2) is 48.8 Å². The highest BCUT2D eigenvalue weighted by Gasteiger charge is 2.12. The Morgan fingerprint density at radius 2 is 2.15 bits per heavy atom. The number of halogens is 1. The Morgan fingerprint density at radius 1 is 1.30 bits per heavy atom.